The van der Waals surface area contributed by atoms with Crippen LogP contribution in [0, 0.1) is 0 Å². The van der Waals surface area contributed by atoms with Crippen LogP contribution in [0.3, 0.4) is 0 Å². The molecule has 0 aliphatic rings. The standard InChI is InChI=1S/C18H19NO6S/c1-3-24-16-7-5-4-6-15(16)19-17(20)12-25-18(21)13-8-10-14(11-9-13)26(2,22)23/h4-11H,3,12H2,1-2H3,(H,19,20). The fourth-order valence-corrected chi connectivity index (χ4v) is 2.72. The molecule has 8 heteroatoms. The predicted molar refractivity (Wildman–Crippen MR) is 96.1 cm³/mol. The number of sulfone groups is 1. The summed E-state index contributed by atoms with van der Waals surface area (Å²) in [6.07, 6.45) is 1.07. The second-order valence-electron chi connectivity index (χ2n) is 5.35. The number of amides is 1. The summed E-state index contributed by atoms with van der Waals surface area (Å²) in [6, 6.07) is 12.2. The van der Waals surface area contributed by atoms with Gasteiger partial charge < -0.3 is 14.8 Å². The van der Waals surface area contributed by atoms with E-state index in [0.29, 0.717) is 18.0 Å². The van der Waals surface area contributed by atoms with Crippen LogP contribution in [0.4, 0.5) is 5.69 Å². The summed E-state index contributed by atoms with van der Waals surface area (Å²) in [7, 11) is -3.34. The zero-order chi connectivity index (χ0) is 19.2. The van der Waals surface area contributed by atoms with Gasteiger partial charge in [-0.25, -0.2) is 13.2 Å². The van der Waals surface area contributed by atoms with Gasteiger partial charge in [-0.05, 0) is 43.3 Å². The van der Waals surface area contributed by atoms with Crippen LogP contribution < -0.4 is 10.1 Å². The quantitative estimate of drug-likeness (QED) is 0.743. The molecule has 2 aromatic carbocycles. The summed E-state index contributed by atoms with van der Waals surface area (Å²) >= 11 is 0. The third-order valence-corrected chi connectivity index (χ3v) is 4.44. The molecule has 7 nitrogen and oxygen atoms in total. The third-order valence-electron chi connectivity index (χ3n) is 3.31. The van der Waals surface area contributed by atoms with E-state index >= 15 is 0 Å². The van der Waals surface area contributed by atoms with E-state index in [1.165, 1.54) is 24.3 Å². The highest BCUT2D eigenvalue weighted by Gasteiger charge is 2.13. The molecule has 2 rings (SSSR count). The van der Waals surface area contributed by atoms with Gasteiger partial charge in [0.05, 0.1) is 22.8 Å². The van der Waals surface area contributed by atoms with Gasteiger partial charge in [-0.3, -0.25) is 4.79 Å². The Kier molecular flexibility index (Phi) is 6.35. The van der Waals surface area contributed by atoms with Crippen LogP contribution in [-0.2, 0) is 19.4 Å². The van der Waals surface area contributed by atoms with Crippen LogP contribution in [0.2, 0.25) is 0 Å². The van der Waals surface area contributed by atoms with Crippen molar-refractivity contribution in [1.29, 1.82) is 0 Å². The Bertz CT molecular complexity index is 890. The van der Waals surface area contributed by atoms with Gasteiger partial charge >= 0.3 is 5.97 Å². The first-order valence-electron chi connectivity index (χ1n) is 7.80. The molecule has 0 saturated carbocycles. The Morgan fingerprint density at radius 2 is 1.69 bits per heavy atom. The number of ether oxygens (including phenoxy) is 2. The van der Waals surface area contributed by atoms with Crippen molar-refractivity contribution in [2.24, 2.45) is 0 Å². The number of hydrogen-bond acceptors (Lipinski definition) is 6. The number of para-hydroxylation sites is 2. The molecule has 0 unspecified atom stereocenters. The largest absolute Gasteiger partial charge is 0.492 e. The van der Waals surface area contributed by atoms with E-state index in [1.807, 2.05) is 6.92 Å². The van der Waals surface area contributed by atoms with Gasteiger partial charge in [-0.2, -0.15) is 0 Å². The molecule has 0 heterocycles. The van der Waals surface area contributed by atoms with Crippen LogP contribution in [0.15, 0.2) is 53.4 Å². The van der Waals surface area contributed by atoms with Crippen LogP contribution in [0.25, 0.3) is 0 Å². The number of carbonyl (C=O) groups is 2. The van der Waals surface area contributed by atoms with E-state index in [4.69, 9.17) is 9.47 Å². The molecule has 26 heavy (non-hydrogen) atoms. The fraction of sp³-hybridized carbons (Fsp3) is 0.222. The SMILES string of the molecule is CCOc1ccccc1NC(=O)COC(=O)c1ccc(S(C)(=O)=O)cc1. The average Bonchev–Trinajstić information content (AvgIpc) is 2.61. The van der Waals surface area contributed by atoms with Crippen molar-refractivity contribution in [1.82, 2.24) is 0 Å². The lowest BCUT2D eigenvalue weighted by atomic mass is 10.2. The van der Waals surface area contributed by atoms with E-state index in [9.17, 15) is 18.0 Å². The van der Waals surface area contributed by atoms with Crippen LogP contribution in [0.1, 0.15) is 17.3 Å². The third kappa shape index (κ3) is 5.32. The van der Waals surface area contributed by atoms with Crippen LogP contribution >= 0.6 is 0 Å². The number of nitrogens with one attached hydrogen (secondary N) is 1. The Labute approximate surface area is 151 Å². The summed E-state index contributed by atoms with van der Waals surface area (Å²) in [6.45, 7) is 1.80. The average molecular weight is 377 g/mol. The minimum absolute atomic E-state index is 0.0966. The lowest BCUT2D eigenvalue weighted by Gasteiger charge is -2.11. The second kappa shape index (κ2) is 8.48. The van der Waals surface area contributed by atoms with E-state index in [2.05, 4.69) is 5.32 Å². The maximum atomic E-state index is 12.0. The highest BCUT2D eigenvalue weighted by molar-refractivity contribution is 7.90. The molecule has 0 fully saturated rings. The summed E-state index contributed by atoms with van der Waals surface area (Å²) < 4.78 is 33.1. The van der Waals surface area contributed by atoms with Gasteiger partial charge in [0, 0.05) is 6.26 Å². The monoisotopic (exact) mass is 377 g/mol. The van der Waals surface area contributed by atoms with E-state index < -0.39 is 28.3 Å². The molecule has 0 saturated heterocycles. The molecule has 0 aromatic heterocycles. The molecule has 0 radical (unpaired) electrons. The number of esters is 1. The second-order valence-corrected chi connectivity index (χ2v) is 7.37. The van der Waals surface area contributed by atoms with Gasteiger partial charge in [0.25, 0.3) is 5.91 Å². The first kappa shape index (κ1) is 19.5. The molecule has 0 atom stereocenters. The molecule has 138 valence electrons. The topological polar surface area (TPSA) is 98.8 Å². The molecule has 1 amide bonds. The molecule has 0 aliphatic carbocycles. The van der Waals surface area contributed by atoms with Crippen molar-refractivity contribution < 1.29 is 27.5 Å². The molecular weight excluding hydrogens is 358 g/mol. The van der Waals surface area contributed by atoms with Crippen molar-refractivity contribution in [3.05, 3.63) is 54.1 Å². The molecule has 2 aromatic rings. The van der Waals surface area contributed by atoms with E-state index in [1.54, 1.807) is 24.3 Å². The molecule has 0 bridgehead atoms. The number of benzene rings is 2. The summed E-state index contributed by atoms with van der Waals surface area (Å²) in [4.78, 5) is 24.0. The zero-order valence-corrected chi connectivity index (χ0v) is 15.2. The lowest BCUT2D eigenvalue weighted by molar-refractivity contribution is -0.119. The summed E-state index contributed by atoms with van der Waals surface area (Å²) in [5.41, 5.74) is 0.632. The van der Waals surface area contributed by atoms with Gasteiger partial charge in [-0.15, -0.1) is 0 Å². The fourth-order valence-electron chi connectivity index (χ4n) is 2.09. The van der Waals surface area contributed by atoms with E-state index in [-0.39, 0.29) is 10.5 Å². The molecule has 0 spiro atoms. The van der Waals surface area contributed by atoms with Gasteiger partial charge in [-0.1, -0.05) is 12.1 Å². The normalized spacial score (nSPS) is 10.8. The van der Waals surface area contributed by atoms with Crippen molar-refractivity contribution in [2.45, 2.75) is 11.8 Å². The Morgan fingerprint density at radius 1 is 1.04 bits per heavy atom. The van der Waals surface area contributed by atoms with Crippen LogP contribution in [-0.4, -0.2) is 39.8 Å². The number of carbonyl (C=O) groups excluding carboxylic acids is 2. The first-order valence-corrected chi connectivity index (χ1v) is 9.69. The van der Waals surface area contributed by atoms with Crippen molar-refractivity contribution in [3.8, 4) is 5.75 Å². The Morgan fingerprint density at radius 3 is 2.31 bits per heavy atom. The van der Waals surface area contributed by atoms with Crippen LogP contribution in [0.5, 0.6) is 5.75 Å². The molecule has 0 aliphatic heterocycles. The molecule has 1 N–H and O–H groups in total. The number of hydrogen-bond donors (Lipinski definition) is 1. The zero-order valence-electron chi connectivity index (χ0n) is 14.4. The summed E-state index contributed by atoms with van der Waals surface area (Å²) in [5.74, 6) is -0.720. The van der Waals surface area contributed by atoms with Gasteiger partial charge in [0.15, 0.2) is 16.4 Å². The Hall–Kier alpha value is -2.87. The van der Waals surface area contributed by atoms with Crippen molar-refractivity contribution in [2.75, 3.05) is 24.8 Å². The molecular formula is C18H19NO6S. The van der Waals surface area contributed by atoms with Crippen molar-refractivity contribution in [3.63, 3.8) is 0 Å². The van der Waals surface area contributed by atoms with Gasteiger partial charge in [0.2, 0.25) is 0 Å². The number of anilines is 1. The predicted octanol–water partition coefficient (Wildman–Crippen LogP) is 2.28. The minimum Gasteiger partial charge on any atom is -0.492 e. The minimum atomic E-state index is -3.34. The summed E-state index contributed by atoms with van der Waals surface area (Å²) in [5, 5.41) is 2.61. The van der Waals surface area contributed by atoms with Crippen molar-refractivity contribution >= 4 is 27.4 Å². The smallest absolute Gasteiger partial charge is 0.338 e. The van der Waals surface area contributed by atoms with E-state index in [0.717, 1.165) is 6.26 Å². The highest BCUT2D eigenvalue weighted by Crippen LogP contribution is 2.23. The number of rotatable bonds is 7. The lowest BCUT2D eigenvalue weighted by Crippen LogP contribution is -2.21. The van der Waals surface area contributed by atoms with Gasteiger partial charge in [0.1, 0.15) is 5.75 Å². The maximum absolute atomic E-state index is 12.0. The highest BCUT2D eigenvalue weighted by atomic mass is 32.2. The Balaban J connectivity index is 1.94. The first-order chi connectivity index (χ1) is 12.3. The maximum Gasteiger partial charge on any atom is 0.338 e.